The first-order valence-electron chi connectivity index (χ1n) is 6.15. The number of rotatable bonds is 5. The van der Waals surface area contributed by atoms with Crippen LogP contribution in [0.5, 0.6) is 5.88 Å². The Labute approximate surface area is 131 Å². The minimum Gasteiger partial charge on any atom is -0.476 e. The van der Waals surface area contributed by atoms with Gasteiger partial charge in [-0.15, -0.1) is 0 Å². The van der Waals surface area contributed by atoms with Crippen LogP contribution in [0.2, 0.25) is 0 Å². The highest BCUT2D eigenvalue weighted by Crippen LogP contribution is 2.28. The van der Waals surface area contributed by atoms with Crippen molar-refractivity contribution < 1.29 is 13.2 Å². The highest BCUT2D eigenvalue weighted by molar-refractivity contribution is 9.10. The Morgan fingerprint density at radius 1 is 1.48 bits per heavy atom. The van der Waals surface area contributed by atoms with Crippen molar-refractivity contribution in [3.63, 3.8) is 0 Å². The van der Waals surface area contributed by atoms with Gasteiger partial charge in [0, 0.05) is 23.9 Å². The second kappa shape index (κ2) is 6.02. The first-order chi connectivity index (χ1) is 9.83. The second-order valence-corrected chi connectivity index (χ2v) is 6.86. The maximum absolute atomic E-state index is 12.4. The smallest absolute Gasteiger partial charge is 0.265 e. The third kappa shape index (κ3) is 3.53. The molecule has 0 unspecified atom stereocenters. The Morgan fingerprint density at radius 2 is 2.19 bits per heavy atom. The Hall–Kier alpha value is -1.61. The van der Waals surface area contributed by atoms with Gasteiger partial charge in [0.2, 0.25) is 5.88 Å². The van der Waals surface area contributed by atoms with E-state index in [0.717, 1.165) is 0 Å². The predicted molar refractivity (Wildman–Crippen MR) is 81.9 cm³/mol. The number of nitrogens with one attached hydrogen (secondary N) is 1. The number of nitrogens with zero attached hydrogens (tertiary/aromatic N) is 3. The Kier molecular flexibility index (Phi) is 4.52. The molecule has 0 atom stereocenters. The lowest BCUT2D eigenvalue weighted by atomic mass is 10.4. The maximum atomic E-state index is 12.4. The van der Waals surface area contributed by atoms with Crippen LogP contribution in [0.15, 0.2) is 27.8 Å². The van der Waals surface area contributed by atoms with Gasteiger partial charge in [0.15, 0.2) is 0 Å². The summed E-state index contributed by atoms with van der Waals surface area (Å²) in [4.78, 5) is 4.17. The molecular weight excluding hydrogens is 360 g/mol. The van der Waals surface area contributed by atoms with Gasteiger partial charge in [0.1, 0.15) is 10.6 Å². The van der Waals surface area contributed by atoms with Crippen LogP contribution in [0.3, 0.4) is 0 Å². The molecular formula is C12H15BrN4O3S. The van der Waals surface area contributed by atoms with E-state index in [9.17, 15) is 8.42 Å². The van der Waals surface area contributed by atoms with E-state index >= 15 is 0 Å². The molecule has 0 saturated carbocycles. The summed E-state index contributed by atoms with van der Waals surface area (Å²) >= 11 is 3.26. The van der Waals surface area contributed by atoms with Crippen LogP contribution in [-0.4, -0.2) is 29.8 Å². The summed E-state index contributed by atoms with van der Waals surface area (Å²) in [5.41, 5.74) is 0.695. The topological polar surface area (TPSA) is 86.1 Å². The quantitative estimate of drug-likeness (QED) is 0.865. The summed E-state index contributed by atoms with van der Waals surface area (Å²) in [6.07, 6.45) is 2.99. The molecule has 0 fully saturated rings. The van der Waals surface area contributed by atoms with Crippen LogP contribution in [0.4, 0.5) is 5.69 Å². The van der Waals surface area contributed by atoms with Gasteiger partial charge < -0.3 is 4.74 Å². The third-order valence-electron chi connectivity index (χ3n) is 2.60. The van der Waals surface area contributed by atoms with Gasteiger partial charge in [-0.1, -0.05) is 0 Å². The molecule has 0 aliphatic carbocycles. The van der Waals surface area contributed by atoms with E-state index in [1.807, 2.05) is 0 Å². The van der Waals surface area contributed by atoms with Gasteiger partial charge in [-0.05, 0) is 35.8 Å². The Morgan fingerprint density at radius 3 is 2.76 bits per heavy atom. The fourth-order valence-electron chi connectivity index (χ4n) is 1.79. The number of pyridine rings is 1. The van der Waals surface area contributed by atoms with Crippen molar-refractivity contribution in [2.45, 2.75) is 18.7 Å². The number of aryl methyl sites for hydroxylation is 2. The maximum Gasteiger partial charge on any atom is 0.265 e. The molecule has 0 saturated heterocycles. The molecule has 0 amide bonds. The molecule has 0 bridgehead atoms. The van der Waals surface area contributed by atoms with Crippen molar-refractivity contribution in [3.05, 3.63) is 28.6 Å². The second-order valence-electron chi connectivity index (χ2n) is 4.30. The normalized spacial score (nSPS) is 11.4. The van der Waals surface area contributed by atoms with Crippen molar-refractivity contribution in [3.8, 4) is 5.88 Å². The average Bonchev–Trinajstić information content (AvgIpc) is 2.72. The van der Waals surface area contributed by atoms with Gasteiger partial charge >= 0.3 is 0 Å². The predicted octanol–water partition coefficient (Wildman–Crippen LogP) is 2.09. The summed E-state index contributed by atoms with van der Waals surface area (Å²) in [7, 11) is -2.09. The summed E-state index contributed by atoms with van der Waals surface area (Å²) in [6.45, 7) is 3.82. The van der Waals surface area contributed by atoms with Gasteiger partial charge in [0.25, 0.3) is 10.0 Å². The summed E-state index contributed by atoms with van der Waals surface area (Å²) in [5, 5.41) is 4.04. The van der Waals surface area contributed by atoms with Crippen LogP contribution in [-0.2, 0) is 17.1 Å². The van der Waals surface area contributed by atoms with Crippen molar-refractivity contribution in [2.75, 3.05) is 11.3 Å². The highest BCUT2D eigenvalue weighted by atomic mass is 79.9. The molecule has 2 aromatic rings. The van der Waals surface area contributed by atoms with Crippen molar-refractivity contribution in [1.82, 2.24) is 14.8 Å². The van der Waals surface area contributed by atoms with Crippen LogP contribution in [0, 0.1) is 6.92 Å². The van der Waals surface area contributed by atoms with E-state index in [1.165, 1.54) is 17.1 Å². The molecule has 9 heteroatoms. The lowest BCUT2D eigenvalue weighted by Gasteiger charge is -2.11. The Bertz CT molecular complexity index is 758. The zero-order valence-electron chi connectivity index (χ0n) is 11.8. The third-order valence-corrected chi connectivity index (χ3v) is 4.50. The number of sulfonamides is 1. The van der Waals surface area contributed by atoms with Crippen LogP contribution in [0.1, 0.15) is 12.6 Å². The zero-order valence-corrected chi connectivity index (χ0v) is 14.2. The summed E-state index contributed by atoms with van der Waals surface area (Å²) in [6, 6.07) is 1.60. The molecule has 0 aliphatic heterocycles. The van der Waals surface area contributed by atoms with Crippen LogP contribution in [0.25, 0.3) is 0 Å². The number of anilines is 1. The van der Waals surface area contributed by atoms with Gasteiger partial charge in [-0.3, -0.25) is 9.40 Å². The number of hydrogen-bond acceptors (Lipinski definition) is 5. The average molecular weight is 375 g/mol. The minimum absolute atomic E-state index is 0.118. The standard InChI is InChI=1S/C12H15BrN4O3S/c1-4-20-12-10(5-9(13)6-14-12)16-21(18,19)11-7-17(3)15-8(11)2/h5-7,16H,4H2,1-3H3. The van der Waals surface area contributed by atoms with Gasteiger partial charge in [0.05, 0.1) is 12.3 Å². The molecule has 0 aromatic carbocycles. The SMILES string of the molecule is CCOc1ncc(Br)cc1NS(=O)(=O)c1cn(C)nc1C. The summed E-state index contributed by atoms with van der Waals surface area (Å²) in [5.74, 6) is 0.228. The van der Waals surface area contributed by atoms with Crippen LogP contribution >= 0.6 is 15.9 Å². The van der Waals surface area contributed by atoms with Gasteiger partial charge in [-0.2, -0.15) is 5.10 Å². The molecule has 0 spiro atoms. The first kappa shape index (κ1) is 15.8. The largest absolute Gasteiger partial charge is 0.476 e. The fraction of sp³-hybridized carbons (Fsp3) is 0.333. The van der Waals surface area contributed by atoms with Crippen LogP contribution < -0.4 is 9.46 Å². The monoisotopic (exact) mass is 374 g/mol. The van der Waals surface area contributed by atoms with Crippen molar-refractivity contribution in [2.24, 2.45) is 7.05 Å². The minimum atomic E-state index is -3.75. The zero-order chi connectivity index (χ0) is 15.6. The molecule has 21 heavy (non-hydrogen) atoms. The van der Waals surface area contributed by atoms with E-state index in [4.69, 9.17) is 4.74 Å². The molecule has 2 rings (SSSR count). The van der Waals surface area contributed by atoms with Gasteiger partial charge in [-0.25, -0.2) is 13.4 Å². The van der Waals surface area contributed by atoms with Crippen molar-refractivity contribution >= 4 is 31.6 Å². The van der Waals surface area contributed by atoms with E-state index in [1.54, 1.807) is 27.0 Å². The molecule has 1 N–H and O–H groups in total. The Balaban J connectivity index is 2.41. The highest BCUT2D eigenvalue weighted by Gasteiger charge is 2.22. The molecule has 2 aromatic heterocycles. The lowest BCUT2D eigenvalue weighted by molar-refractivity contribution is 0.328. The molecule has 0 radical (unpaired) electrons. The van der Waals surface area contributed by atoms with E-state index in [-0.39, 0.29) is 16.5 Å². The molecule has 0 aliphatic rings. The molecule has 114 valence electrons. The summed E-state index contributed by atoms with van der Waals surface area (Å²) < 4.78 is 34.8. The molecule has 2 heterocycles. The van der Waals surface area contributed by atoms with E-state index in [0.29, 0.717) is 16.8 Å². The molecule has 7 nitrogen and oxygen atoms in total. The number of aromatic nitrogens is 3. The fourth-order valence-corrected chi connectivity index (χ4v) is 3.39. The number of ether oxygens (including phenoxy) is 1. The number of halogens is 1. The van der Waals surface area contributed by atoms with Crippen molar-refractivity contribution in [1.29, 1.82) is 0 Å². The number of hydrogen-bond donors (Lipinski definition) is 1. The lowest BCUT2D eigenvalue weighted by Crippen LogP contribution is -2.15. The van der Waals surface area contributed by atoms with E-state index in [2.05, 4.69) is 30.7 Å². The van der Waals surface area contributed by atoms with E-state index < -0.39 is 10.0 Å². The first-order valence-corrected chi connectivity index (χ1v) is 8.42.